The zero-order valence-electron chi connectivity index (χ0n) is 9.13. The highest BCUT2D eigenvalue weighted by Gasteiger charge is 2.08. The van der Waals surface area contributed by atoms with Crippen LogP contribution < -0.4 is 0 Å². The predicted octanol–water partition coefficient (Wildman–Crippen LogP) is 2.19. The molecule has 3 heteroatoms. The molecule has 1 radical (unpaired) electrons. The van der Waals surface area contributed by atoms with Gasteiger partial charge >= 0.3 is 15.4 Å². The Bertz CT molecular complexity index is 153. The van der Waals surface area contributed by atoms with Crippen LogP contribution in [0.4, 0.5) is 0 Å². The summed E-state index contributed by atoms with van der Waals surface area (Å²) in [5.41, 5.74) is 0. The molecule has 0 aromatic heterocycles. The Balaban J connectivity index is 4.30. The van der Waals surface area contributed by atoms with Crippen LogP contribution in [0.15, 0.2) is 4.99 Å². The molecular formula is C9H20AlN2. The summed E-state index contributed by atoms with van der Waals surface area (Å²) in [6.45, 7) is 10.8. The number of amidine groups is 1. The molecule has 0 saturated heterocycles. The van der Waals surface area contributed by atoms with Gasteiger partial charge in [0.15, 0.2) is 0 Å². The third-order valence-corrected chi connectivity index (χ3v) is 3.18. The summed E-state index contributed by atoms with van der Waals surface area (Å²) < 4.78 is 2.39. The van der Waals surface area contributed by atoms with E-state index in [1.54, 1.807) is 0 Å². The number of hydrogen-bond donors (Lipinski definition) is 0. The molecule has 0 saturated carbocycles. The molecule has 0 N–H and O–H groups in total. The Morgan fingerprint density at radius 1 is 1.25 bits per heavy atom. The summed E-state index contributed by atoms with van der Waals surface area (Å²) in [4.78, 5) is 4.53. The summed E-state index contributed by atoms with van der Waals surface area (Å²) in [5, 5.41) is 0. The van der Waals surface area contributed by atoms with Crippen LogP contribution in [0.2, 0.25) is 5.79 Å². The van der Waals surface area contributed by atoms with E-state index < -0.39 is 0 Å². The van der Waals surface area contributed by atoms with Gasteiger partial charge in [-0.3, -0.25) is 4.99 Å². The smallest absolute Gasteiger partial charge is 0.368 e. The van der Waals surface area contributed by atoms with E-state index in [0.717, 1.165) is 0 Å². The Labute approximate surface area is 83.0 Å². The zero-order chi connectivity index (χ0) is 9.72. The highest BCUT2D eigenvalue weighted by molar-refractivity contribution is 6.35. The van der Waals surface area contributed by atoms with E-state index in [4.69, 9.17) is 0 Å². The Hall–Kier alpha value is 0.00247. The fourth-order valence-corrected chi connectivity index (χ4v) is 2.34. The van der Waals surface area contributed by atoms with Crippen LogP contribution >= 0.6 is 0 Å². The van der Waals surface area contributed by atoms with Crippen LogP contribution in [0.3, 0.4) is 0 Å². The highest BCUT2D eigenvalue weighted by atomic mass is 27.1. The van der Waals surface area contributed by atoms with Gasteiger partial charge in [-0.2, -0.15) is 0 Å². The molecule has 0 aromatic rings. The molecule has 12 heavy (non-hydrogen) atoms. The lowest BCUT2D eigenvalue weighted by molar-refractivity contribution is 0.519. The van der Waals surface area contributed by atoms with Crippen LogP contribution in [0.25, 0.3) is 0 Å². The lowest BCUT2D eigenvalue weighted by Crippen LogP contribution is -2.37. The first-order chi connectivity index (χ1) is 5.49. The molecule has 0 aromatic carbocycles. The van der Waals surface area contributed by atoms with Gasteiger partial charge in [0.25, 0.3) is 0 Å². The maximum Gasteiger partial charge on any atom is 0.368 e. The Kier molecular flexibility index (Phi) is 5.62. The average Bonchev–Trinajstić information content (AvgIpc) is 1.85. The molecule has 0 bridgehead atoms. The van der Waals surface area contributed by atoms with Crippen LogP contribution in [0.5, 0.6) is 0 Å². The summed E-state index contributed by atoms with van der Waals surface area (Å²) in [5.74, 6) is 3.44. The largest absolute Gasteiger partial charge is 0.457 e. The van der Waals surface area contributed by atoms with E-state index in [1.807, 2.05) is 0 Å². The van der Waals surface area contributed by atoms with Crippen molar-refractivity contribution in [3.05, 3.63) is 0 Å². The fourth-order valence-electron chi connectivity index (χ4n) is 1.30. The second kappa shape index (κ2) is 5.61. The first-order valence-corrected chi connectivity index (χ1v) is 6.28. The summed E-state index contributed by atoms with van der Waals surface area (Å²) in [7, 11) is 0. The van der Waals surface area contributed by atoms with Crippen molar-refractivity contribution in [3.63, 3.8) is 0 Å². The van der Waals surface area contributed by atoms with Crippen molar-refractivity contribution < 1.29 is 0 Å². The maximum absolute atomic E-state index is 4.53. The summed E-state index contributed by atoms with van der Waals surface area (Å²) >= 11 is 0.352. The molecule has 0 atom stereocenters. The third kappa shape index (κ3) is 4.13. The first-order valence-electron chi connectivity index (χ1n) is 4.61. The van der Waals surface area contributed by atoms with Crippen molar-refractivity contribution >= 4 is 21.3 Å². The SMILES string of the molecule is [CH3][Al][N](C(C)=NC(C)C)C(C)C. The van der Waals surface area contributed by atoms with Crippen LogP contribution in [-0.4, -0.2) is 37.2 Å². The number of nitrogens with zero attached hydrogens (tertiary/aromatic N) is 2. The van der Waals surface area contributed by atoms with E-state index in [-0.39, 0.29) is 0 Å². The number of rotatable bonds is 3. The van der Waals surface area contributed by atoms with Gasteiger partial charge < -0.3 is 3.88 Å². The van der Waals surface area contributed by atoms with E-state index in [9.17, 15) is 0 Å². The van der Waals surface area contributed by atoms with Crippen molar-refractivity contribution in [3.8, 4) is 0 Å². The van der Waals surface area contributed by atoms with Crippen LogP contribution in [0, 0.1) is 0 Å². The van der Waals surface area contributed by atoms with Crippen molar-refractivity contribution in [2.45, 2.75) is 52.5 Å². The molecule has 0 aliphatic heterocycles. The zero-order valence-corrected chi connectivity index (χ0v) is 10.3. The molecule has 0 unspecified atom stereocenters. The molecule has 0 heterocycles. The van der Waals surface area contributed by atoms with E-state index in [2.05, 4.69) is 49.3 Å². The monoisotopic (exact) mass is 183 g/mol. The van der Waals surface area contributed by atoms with Crippen LogP contribution in [-0.2, 0) is 0 Å². The predicted molar refractivity (Wildman–Crippen MR) is 56.8 cm³/mol. The first kappa shape index (κ1) is 12.0. The van der Waals surface area contributed by atoms with Gasteiger partial charge in [-0.05, 0) is 34.6 Å². The van der Waals surface area contributed by atoms with Crippen molar-refractivity contribution in [2.24, 2.45) is 4.99 Å². The molecular weight excluding hydrogens is 163 g/mol. The van der Waals surface area contributed by atoms with Gasteiger partial charge in [-0.15, -0.1) is 0 Å². The standard InChI is InChI=1S/C8H17N2.CH3.Al/c1-6(2)9-8(5)10-7(3)4;;/h6-7H,1-5H3;1H3;/q-1;;+1. The van der Waals surface area contributed by atoms with E-state index in [0.29, 0.717) is 27.5 Å². The molecule has 2 nitrogen and oxygen atoms in total. The summed E-state index contributed by atoms with van der Waals surface area (Å²) in [6, 6.07) is 1.00. The Morgan fingerprint density at radius 3 is 2.00 bits per heavy atom. The lowest BCUT2D eigenvalue weighted by Gasteiger charge is -2.28. The van der Waals surface area contributed by atoms with Crippen molar-refractivity contribution in [1.82, 2.24) is 3.88 Å². The molecule has 69 valence electrons. The maximum atomic E-state index is 4.53. The quantitative estimate of drug-likeness (QED) is 0.372. The van der Waals surface area contributed by atoms with Gasteiger partial charge in [0.1, 0.15) is 0 Å². The molecule has 0 aliphatic carbocycles. The second-order valence-corrected chi connectivity index (χ2v) is 4.60. The number of hydrogen-bond acceptors (Lipinski definition) is 1. The molecule has 0 aliphatic rings. The lowest BCUT2D eigenvalue weighted by atomic mass is 10.4. The van der Waals surface area contributed by atoms with Gasteiger partial charge in [0.05, 0.1) is 5.84 Å². The minimum atomic E-state index is 0.352. The molecule has 0 amide bonds. The number of aliphatic imine (C=N–C) groups is 1. The third-order valence-electron chi connectivity index (χ3n) is 1.65. The normalized spacial score (nSPS) is 12.5. The molecule has 0 spiro atoms. The van der Waals surface area contributed by atoms with Gasteiger partial charge in [-0.1, -0.05) is 5.79 Å². The van der Waals surface area contributed by atoms with Crippen molar-refractivity contribution in [2.75, 3.05) is 0 Å². The Morgan fingerprint density at radius 2 is 1.75 bits per heavy atom. The van der Waals surface area contributed by atoms with Gasteiger partial charge in [0.2, 0.25) is 0 Å². The van der Waals surface area contributed by atoms with E-state index >= 15 is 0 Å². The summed E-state index contributed by atoms with van der Waals surface area (Å²) in [6.07, 6.45) is 0. The van der Waals surface area contributed by atoms with E-state index in [1.165, 1.54) is 5.84 Å². The molecule has 0 fully saturated rings. The second-order valence-electron chi connectivity index (χ2n) is 3.53. The van der Waals surface area contributed by atoms with Gasteiger partial charge in [-0.25, -0.2) is 0 Å². The molecule has 0 rings (SSSR count). The van der Waals surface area contributed by atoms with Gasteiger partial charge in [0, 0.05) is 12.1 Å². The minimum absolute atomic E-state index is 0.352. The topological polar surface area (TPSA) is 15.6 Å². The minimum Gasteiger partial charge on any atom is -0.457 e. The highest BCUT2D eigenvalue weighted by Crippen LogP contribution is 2.00. The van der Waals surface area contributed by atoms with Crippen molar-refractivity contribution in [1.29, 1.82) is 0 Å². The fraction of sp³-hybridized carbons (Fsp3) is 0.889. The average molecular weight is 183 g/mol. The van der Waals surface area contributed by atoms with Crippen LogP contribution in [0.1, 0.15) is 34.6 Å².